The summed E-state index contributed by atoms with van der Waals surface area (Å²) in [6.07, 6.45) is 0. The Labute approximate surface area is 416 Å². The molecular formula is C68H44N4. The number of hydrogen-bond donors (Lipinski definition) is 0. The van der Waals surface area contributed by atoms with Gasteiger partial charge in [0.05, 0.1) is 39.1 Å². The number of para-hydroxylation sites is 3. The molecule has 15 rings (SSSR count). The van der Waals surface area contributed by atoms with Crippen molar-refractivity contribution in [2.45, 2.75) is 0 Å². The van der Waals surface area contributed by atoms with Crippen molar-refractivity contribution in [1.82, 2.24) is 9.13 Å². The summed E-state index contributed by atoms with van der Waals surface area (Å²) < 4.78 is 4.94. The lowest BCUT2D eigenvalue weighted by molar-refractivity contribution is 1.18. The van der Waals surface area contributed by atoms with Crippen LogP contribution in [0.25, 0.3) is 98.8 Å². The number of benzene rings is 12. The van der Waals surface area contributed by atoms with Crippen LogP contribution in [-0.2, 0) is 0 Å². The van der Waals surface area contributed by atoms with Gasteiger partial charge in [0, 0.05) is 60.8 Å². The SMILES string of the molecule is c1cc2cc(c1)N(c1ccc3c4ccccc4n(-c4cccc5ccccc45)c3c1)c1cccc(c1)-c1cccc(c1)N(c1cccc3c4ccccc4n(-c4cccc5ccccc45)c13)c1cccc-2c1. The normalized spacial score (nSPS) is 12.4. The largest absolute Gasteiger partial charge is 0.310 e. The van der Waals surface area contributed by atoms with Crippen molar-refractivity contribution in [2.75, 3.05) is 9.80 Å². The van der Waals surface area contributed by atoms with Gasteiger partial charge in [-0.25, -0.2) is 0 Å². The molecule has 0 N–H and O–H groups in total. The van der Waals surface area contributed by atoms with E-state index in [1.807, 2.05) is 0 Å². The molecule has 0 amide bonds. The maximum Gasteiger partial charge on any atom is 0.0782 e. The monoisotopic (exact) mass is 916 g/mol. The Balaban J connectivity index is 0.960. The van der Waals surface area contributed by atoms with Gasteiger partial charge in [0.1, 0.15) is 0 Å². The fourth-order valence-corrected chi connectivity index (χ4v) is 11.8. The van der Waals surface area contributed by atoms with Crippen molar-refractivity contribution in [3.05, 3.63) is 267 Å². The Morgan fingerprint density at radius 3 is 1.15 bits per heavy atom. The third-order valence-electron chi connectivity index (χ3n) is 14.9. The standard InChI is InChI=1S/C68H44N4/c1-3-28-56-45(16-1)18-13-35-62(56)71-64-33-7-5-30-58(64)60-39-38-55(44-67(60)71)69-51-24-9-20-47(40-51)49-22-11-26-53(42-49)70(54-27-12-23-50(43-54)48-21-10-25-52(69)41-48)66-37-15-32-61-59-31-6-8-34-65(59)72(68(61)66)63-36-14-19-46-17-2-4-29-57(46)63/h1-44H. The van der Waals surface area contributed by atoms with Crippen LogP contribution in [0.1, 0.15) is 0 Å². The molecule has 4 nitrogen and oxygen atoms in total. The molecule has 1 aliphatic rings. The lowest BCUT2D eigenvalue weighted by Crippen LogP contribution is -2.12. The molecule has 0 spiro atoms. The van der Waals surface area contributed by atoms with Gasteiger partial charge in [-0.1, -0.05) is 176 Å². The predicted octanol–water partition coefficient (Wildman–Crippen LogP) is 18.8. The van der Waals surface area contributed by atoms with Crippen LogP contribution >= 0.6 is 0 Å². The van der Waals surface area contributed by atoms with Gasteiger partial charge in [0.25, 0.3) is 0 Å². The van der Waals surface area contributed by atoms with Crippen molar-refractivity contribution in [1.29, 1.82) is 0 Å². The van der Waals surface area contributed by atoms with Crippen LogP contribution in [0.5, 0.6) is 0 Å². The molecule has 0 radical (unpaired) electrons. The van der Waals surface area contributed by atoms with Gasteiger partial charge in [-0.05, 0) is 124 Å². The first-order chi connectivity index (χ1) is 35.7. The van der Waals surface area contributed by atoms with Gasteiger partial charge in [-0.3, -0.25) is 0 Å². The maximum absolute atomic E-state index is 2.49. The van der Waals surface area contributed by atoms with Crippen LogP contribution in [0.4, 0.5) is 34.1 Å². The second-order valence-electron chi connectivity index (χ2n) is 18.9. The van der Waals surface area contributed by atoms with E-state index in [-0.39, 0.29) is 0 Å². The summed E-state index contributed by atoms with van der Waals surface area (Å²) in [6, 6.07) is 98.4. The molecule has 4 heteroatoms. The molecular weight excluding hydrogens is 873 g/mol. The van der Waals surface area contributed by atoms with Gasteiger partial charge in [-0.2, -0.15) is 0 Å². The van der Waals surface area contributed by atoms with Gasteiger partial charge >= 0.3 is 0 Å². The third kappa shape index (κ3) is 6.19. The molecule has 0 fully saturated rings. The lowest BCUT2D eigenvalue weighted by atomic mass is 10.00. The van der Waals surface area contributed by atoms with Crippen LogP contribution in [-0.4, -0.2) is 9.13 Å². The summed E-state index contributed by atoms with van der Waals surface area (Å²) >= 11 is 0. The Bertz CT molecular complexity index is 4390. The van der Waals surface area contributed by atoms with E-state index in [1.54, 1.807) is 0 Å². The number of anilines is 6. The van der Waals surface area contributed by atoms with Crippen molar-refractivity contribution in [3.63, 3.8) is 0 Å². The zero-order valence-corrected chi connectivity index (χ0v) is 39.2. The van der Waals surface area contributed by atoms with E-state index in [0.717, 1.165) is 73.1 Å². The average Bonchev–Trinajstić information content (AvgIpc) is 3.96. The minimum Gasteiger partial charge on any atom is -0.310 e. The maximum atomic E-state index is 2.49. The molecule has 0 saturated heterocycles. The number of rotatable bonds is 4. The number of fused-ring (bicyclic) bond motifs is 18. The summed E-state index contributed by atoms with van der Waals surface area (Å²) in [6.45, 7) is 0. The molecule has 0 saturated carbocycles. The summed E-state index contributed by atoms with van der Waals surface area (Å²) in [5.41, 5.74) is 18.0. The smallest absolute Gasteiger partial charge is 0.0782 e. The molecule has 0 aliphatic carbocycles. The summed E-state index contributed by atoms with van der Waals surface area (Å²) in [5, 5.41) is 9.75. The van der Waals surface area contributed by atoms with Gasteiger partial charge in [0.2, 0.25) is 0 Å². The zero-order chi connectivity index (χ0) is 47.3. The molecule has 14 aromatic rings. The van der Waals surface area contributed by atoms with Crippen molar-refractivity contribution < 1.29 is 0 Å². The van der Waals surface area contributed by atoms with Crippen LogP contribution in [0, 0.1) is 0 Å². The highest BCUT2D eigenvalue weighted by Crippen LogP contribution is 2.47. The summed E-state index contributed by atoms with van der Waals surface area (Å²) in [4.78, 5) is 4.89. The minimum absolute atomic E-state index is 1.08. The van der Waals surface area contributed by atoms with E-state index in [1.165, 1.54) is 59.8 Å². The summed E-state index contributed by atoms with van der Waals surface area (Å²) in [7, 11) is 0. The Kier molecular flexibility index (Phi) is 8.92. The van der Waals surface area contributed by atoms with Crippen LogP contribution in [0.3, 0.4) is 0 Å². The first kappa shape index (κ1) is 40.3. The Morgan fingerprint density at radius 2 is 0.583 bits per heavy atom. The Hall–Kier alpha value is -9.64. The molecule has 8 bridgehead atoms. The van der Waals surface area contributed by atoms with Crippen LogP contribution < -0.4 is 9.80 Å². The molecule has 1 aliphatic heterocycles. The fraction of sp³-hybridized carbons (Fsp3) is 0. The highest BCUT2D eigenvalue weighted by Gasteiger charge is 2.25. The second kappa shape index (κ2) is 16.0. The van der Waals surface area contributed by atoms with E-state index < -0.39 is 0 Å². The molecule has 12 aromatic carbocycles. The quantitative estimate of drug-likeness (QED) is 0.175. The lowest BCUT2D eigenvalue weighted by Gasteiger charge is -2.29. The van der Waals surface area contributed by atoms with E-state index in [0.29, 0.717) is 0 Å². The van der Waals surface area contributed by atoms with Gasteiger partial charge in [-0.15, -0.1) is 0 Å². The molecule has 0 unspecified atom stereocenters. The van der Waals surface area contributed by atoms with E-state index in [2.05, 4.69) is 286 Å². The first-order valence-electron chi connectivity index (χ1n) is 24.7. The third-order valence-corrected chi connectivity index (χ3v) is 14.9. The molecule has 3 heterocycles. The van der Waals surface area contributed by atoms with Crippen LogP contribution in [0.2, 0.25) is 0 Å². The van der Waals surface area contributed by atoms with Gasteiger partial charge < -0.3 is 18.9 Å². The topological polar surface area (TPSA) is 16.3 Å². The molecule has 72 heavy (non-hydrogen) atoms. The van der Waals surface area contributed by atoms with Crippen molar-refractivity contribution in [3.8, 4) is 33.6 Å². The first-order valence-corrected chi connectivity index (χ1v) is 24.7. The van der Waals surface area contributed by atoms with Gasteiger partial charge in [0.15, 0.2) is 0 Å². The number of hydrogen-bond acceptors (Lipinski definition) is 2. The number of aromatic nitrogens is 2. The highest BCUT2D eigenvalue weighted by molar-refractivity contribution is 6.16. The molecule has 0 atom stereocenters. The second-order valence-corrected chi connectivity index (χ2v) is 18.9. The van der Waals surface area contributed by atoms with Crippen molar-refractivity contribution in [2.24, 2.45) is 0 Å². The summed E-state index contributed by atoms with van der Waals surface area (Å²) in [5.74, 6) is 0. The van der Waals surface area contributed by atoms with E-state index in [4.69, 9.17) is 0 Å². The number of nitrogens with zero attached hydrogens (tertiary/aromatic N) is 4. The minimum atomic E-state index is 1.08. The molecule has 336 valence electrons. The molecule has 2 aromatic heterocycles. The van der Waals surface area contributed by atoms with Crippen LogP contribution in [0.15, 0.2) is 267 Å². The highest BCUT2D eigenvalue weighted by atomic mass is 15.2. The van der Waals surface area contributed by atoms with E-state index >= 15 is 0 Å². The van der Waals surface area contributed by atoms with Crippen molar-refractivity contribution >= 4 is 99.3 Å². The zero-order valence-electron chi connectivity index (χ0n) is 39.2. The van der Waals surface area contributed by atoms with E-state index in [9.17, 15) is 0 Å². The predicted molar refractivity (Wildman–Crippen MR) is 304 cm³/mol. The fourth-order valence-electron chi connectivity index (χ4n) is 11.8. The average molecular weight is 917 g/mol. The Morgan fingerprint density at radius 1 is 0.208 bits per heavy atom.